The number of aromatic nitrogens is 1. The topological polar surface area (TPSA) is 98.2 Å². The number of carbonyl (C=O) groups excluding carboxylic acids is 2. The molecule has 7 rings (SSSR count). The lowest BCUT2D eigenvalue weighted by atomic mass is 9.94. The van der Waals surface area contributed by atoms with E-state index in [9.17, 15) is 14.7 Å². The standard InChI is InChI=1S/C36H30N2O6S/c1-3-42-27-13-14-28-30(19-27)45-36(37-28)38-32(23-10-7-11-26(18-23)43-20-22-8-5-4-6-9-22)31(34(40)35(38)41)33(39)24-12-15-29-25(17-24)16-21(2)44-29/h4-15,17-19,21,32,39H,3,16,20H2,1-2H3/b33-31+/t21-,32-/m0/s1. The lowest BCUT2D eigenvalue weighted by Crippen LogP contribution is -2.29. The lowest BCUT2D eigenvalue weighted by molar-refractivity contribution is -0.132. The number of carbonyl (C=O) groups is 2. The minimum atomic E-state index is -0.944. The predicted molar refractivity (Wildman–Crippen MR) is 173 cm³/mol. The second-order valence-corrected chi connectivity index (χ2v) is 12.0. The van der Waals surface area contributed by atoms with Crippen molar-refractivity contribution in [2.24, 2.45) is 0 Å². The summed E-state index contributed by atoms with van der Waals surface area (Å²) in [6.07, 6.45) is 0.702. The first-order chi connectivity index (χ1) is 21.9. The smallest absolute Gasteiger partial charge is 0.301 e. The molecule has 0 spiro atoms. The molecule has 4 aromatic carbocycles. The second kappa shape index (κ2) is 11.7. The third-order valence-corrected chi connectivity index (χ3v) is 8.92. The molecule has 0 saturated carbocycles. The maximum absolute atomic E-state index is 13.8. The van der Waals surface area contributed by atoms with Gasteiger partial charge in [-0.05, 0) is 79.1 Å². The van der Waals surface area contributed by atoms with Gasteiger partial charge in [-0.15, -0.1) is 0 Å². The van der Waals surface area contributed by atoms with Crippen molar-refractivity contribution in [3.8, 4) is 17.2 Å². The van der Waals surface area contributed by atoms with Crippen molar-refractivity contribution in [3.05, 3.63) is 119 Å². The number of benzene rings is 4. The molecular formula is C36H30N2O6S. The zero-order valence-corrected chi connectivity index (χ0v) is 25.5. The van der Waals surface area contributed by atoms with E-state index in [1.807, 2.05) is 86.6 Å². The third-order valence-electron chi connectivity index (χ3n) is 7.90. The van der Waals surface area contributed by atoms with Crippen LogP contribution in [0.2, 0.25) is 0 Å². The second-order valence-electron chi connectivity index (χ2n) is 11.0. The molecule has 3 heterocycles. The number of ether oxygens (including phenoxy) is 3. The van der Waals surface area contributed by atoms with Gasteiger partial charge in [-0.1, -0.05) is 53.8 Å². The molecule has 2 aliphatic heterocycles. The number of nitrogens with zero attached hydrogens (tertiary/aromatic N) is 2. The molecule has 1 fully saturated rings. The third kappa shape index (κ3) is 5.40. The van der Waals surface area contributed by atoms with E-state index < -0.39 is 17.7 Å². The Hall–Kier alpha value is -5.15. The number of thiazole rings is 1. The number of Topliss-reactive ketones (excluding diaryl/α,β-unsaturated/α-hetero) is 1. The van der Waals surface area contributed by atoms with Crippen LogP contribution in [0, 0.1) is 0 Å². The Labute approximate surface area is 264 Å². The highest BCUT2D eigenvalue weighted by Gasteiger charge is 2.48. The first-order valence-corrected chi connectivity index (χ1v) is 15.6. The fourth-order valence-electron chi connectivity index (χ4n) is 5.84. The van der Waals surface area contributed by atoms with Crippen molar-refractivity contribution in [1.82, 2.24) is 4.98 Å². The van der Waals surface area contributed by atoms with Gasteiger partial charge in [0.05, 0.1) is 28.4 Å². The van der Waals surface area contributed by atoms with E-state index in [-0.39, 0.29) is 17.4 Å². The molecule has 1 amide bonds. The zero-order chi connectivity index (χ0) is 31.1. The van der Waals surface area contributed by atoms with E-state index in [1.165, 1.54) is 16.2 Å². The van der Waals surface area contributed by atoms with Gasteiger partial charge in [0, 0.05) is 12.0 Å². The number of rotatable bonds is 8. The van der Waals surface area contributed by atoms with Crippen LogP contribution < -0.4 is 19.1 Å². The molecule has 1 N–H and O–H groups in total. The summed E-state index contributed by atoms with van der Waals surface area (Å²) in [5.41, 5.74) is 3.65. The number of hydrogen-bond donors (Lipinski definition) is 1. The largest absolute Gasteiger partial charge is 0.507 e. The number of ketones is 1. The molecule has 8 nitrogen and oxygen atoms in total. The Bertz CT molecular complexity index is 1970. The molecule has 5 aromatic rings. The number of hydrogen-bond acceptors (Lipinski definition) is 8. The van der Waals surface area contributed by atoms with Gasteiger partial charge in [0.25, 0.3) is 5.78 Å². The number of aliphatic hydroxyl groups excluding tert-OH is 1. The molecule has 0 bridgehead atoms. The van der Waals surface area contributed by atoms with E-state index in [2.05, 4.69) is 0 Å². The summed E-state index contributed by atoms with van der Waals surface area (Å²) in [4.78, 5) is 33.8. The summed E-state index contributed by atoms with van der Waals surface area (Å²) < 4.78 is 18.4. The van der Waals surface area contributed by atoms with E-state index >= 15 is 0 Å². The zero-order valence-electron chi connectivity index (χ0n) is 24.7. The molecular weight excluding hydrogens is 588 g/mol. The Kier molecular flexibility index (Phi) is 7.47. The van der Waals surface area contributed by atoms with Gasteiger partial charge >= 0.3 is 5.91 Å². The SMILES string of the molecule is CCOc1ccc2nc(N3C(=O)C(=O)/C(=C(/O)c4ccc5c(c4)C[C@H](C)O5)[C@@H]3c3cccc(OCc4ccccc4)c3)sc2c1. The Balaban J connectivity index is 1.34. The first-order valence-electron chi connectivity index (χ1n) is 14.8. The Morgan fingerprint density at radius 2 is 1.80 bits per heavy atom. The number of fused-ring (bicyclic) bond motifs is 2. The van der Waals surface area contributed by atoms with Crippen LogP contribution in [0.5, 0.6) is 17.2 Å². The number of amides is 1. The minimum Gasteiger partial charge on any atom is -0.507 e. The van der Waals surface area contributed by atoms with Gasteiger partial charge in [-0.2, -0.15) is 0 Å². The van der Waals surface area contributed by atoms with Gasteiger partial charge in [0.15, 0.2) is 5.13 Å². The molecule has 1 saturated heterocycles. The van der Waals surface area contributed by atoms with Crippen LogP contribution in [0.3, 0.4) is 0 Å². The van der Waals surface area contributed by atoms with Crippen LogP contribution >= 0.6 is 11.3 Å². The fourth-order valence-corrected chi connectivity index (χ4v) is 6.86. The Morgan fingerprint density at radius 3 is 2.62 bits per heavy atom. The van der Waals surface area contributed by atoms with Crippen molar-refractivity contribution in [1.29, 1.82) is 0 Å². The highest BCUT2D eigenvalue weighted by Crippen LogP contribution is 2.45. The molecule has 0 unspecified atom stereocenters. The average Bonchev–Trinajstić information content (AvgIpc) is 3.72. The van der Waals surface area contributed by atoms with E-state index in [4.69, 9.17) is 19.2 Å². The van der Waals surface area contributed by atoms with Gasteiger partial charge in [0.2, 0.25) is 0 Å². The van der Waals surface area contributed by atoms with Crippen LogP contribution in [0.15, 0.2) is 96.6 Å². The molecule has 2 aliphatic rings. The van der Waals surface area contributed by atoms with E-state index in [0.717, 1.165) is 21.6 Å². The lowest BCUT2D eigenvalue weighted by Gasteiger charge is -2.23. The maximum Gasteiger partial charge on any atom is 0.301 e. The van der Waals surface area contributed by atoms with Crippen molar-refractivity contribution >= 4 is 44.1 Å². The fraction of sp³-hybridized carbons (Fsp3) is 0.194. The van der Waals surface area contributed by atoms with Crippen LogP contribution in [-0.2, 0) is 22.6 Å². The summed E-state index contributed by atoms with van der Waals surface area (Å²) in [7, 11) is 0. The normalized spacial score (nSPS) is 18.7. The molecule has 0 radical (unpaired) electrons. The van der Waals surface area contributed by atoms with Gasteiger partial charge in [0.1, 0.15) is 35.7 Å². The molecule has 45 heavy (non-hydrogen) atoms. The molecule has 0 aliphatic carbocycles. The molecule has 1 aromatic heterocycles. The van der Waals surface area contributed by atoms with E-state index in [0.29, 0.717) is 52.9 Å². The first kappa shape index (κ1) is 28.6. The molecule has 9 heteroatoms. The van der Waals surface area contributed by atoms with Gasteiger partial charge in [-0.3, -0.25) is 14.5 Å². The average molecular weight is 619 g/mol. The summed E-state index contributed by atoms with van der Waals surface area (Å²) >= 11 is 1.29. The summed E-state index contributed by atoms with van der Waals surface area (Å²) in [6, 6.07) is 27.0. The van der Waals surface area contributed by atoms with Crippen LogP contribution in [0.1, 0.15) is 42.1 Å². The van der Waals surface area contributed by atoms with Gasteiger partial charge < -0.3 is 19.3 Å². The number of aliphatic hydroxyl groups is 1. The predicted octanol–water partition coefficient (Wildman–Crippen LogP) is 7.22. The Morgan fingerprint density at radius 1 is 0.978 bits per heavy atom. The highest BCUT2D eigenvalue weighted by atomic mass is 32.1. The van der Waals surface area contributed by atoms with Crippen molar-refractivity contribution in [2.75, 3.05) is 11.5 Å². The van der Waals surface area contributed by atoms with Gasteiger partial charge in [-0.25, -0.2) is 4.98 Å². The van der Waals surface area contributed by atoms with E-state index in [1.54, 1.807) is 18.2 Å². The number of anilines is 1. The van der Waals surface area contributed by atoms with Crippen LogP contribution in [0.25, 0.3) is 16.0 Å². The summed E-state index contributed by atoms with van der Waals surface area (Å²) in [5, 5.41) is 12.1. The summed E-state index contributed by atoms with van der Waals surface area (Å²) in [5.74, 6) is 0.207. The summed E-state index contributed by atoms with van der Waals surface area (Å²) in [6.45, 7) is 4.75. The van der Waals surface area contributed by atoms with Crippen LogP contribution in [-0.4, -0.2) is 34.5 Å². The monoisotopic (exact) mass is 618 g/mol. The quantitative estimate of drug-likeness (QED) is 0.111. The highest BCUT2D eigenvalue weighted by molar-refractivity contribution is 7.22. The van der Waals surface area contributed by atoms with Crippen LogP contribution in [0.4, 0.5) is 5.13 Å². The van der Waals surface area contributed by atoms with Crippen molar-refractivity contribution in [2.45, 2.75) is 39.0 Å². The maximum atomic E-state index is 13.8. The molecule has 2 atom stereocenters. The minimum absolute atomic E-state index is 0.0126. The van der Waals surface area contributed by atoms with Crippen molar-refractivity contribution in [3.63, 3.8) is 0 Å². The molecule has 226 valence electrons. The van der Waals surface area contributed by atoms with Crippen molar-refractivity contribution < 1.29 is 28.9 Å².